The van der Waals surface area contributed by atoms with E-state index in [-0.39, 0.29) is 18.3 Å². The van der Waals surface area contributed by atoms with E-state index in [2.05, 4.69) is 33.7 Å². The second-order valence-corrected chi connectivity index (χ2v) is 6.66. The monoisotopic (exact) mass is 371 g/mol. The third-order valence-corrected chi connectivity index (χ3v) is 5.03. The minimum absolute atomic E-state index is 0. The van der Waals surface area contributed by atoms with Crippen molar-refractivity contribution in [3.63, 3.8) is 0 Å². The van der Waals surface area contributed by atoms with Crippen LogP contribution in [0.15, 0.2) is 48.5 Å². The van der Waals surface area contributed by atoms with Crippen LogP contribution in [0.3, 0.4) is 0 Å². The summed E-state index contributed by atoms with van der Waals surface area (Å²) in [4.78, 5) is 18.3. The van der Waals surface area contributed by atoms with Crippen LogP contribution < -0.4 is 4.90 Å². The number of halogens is 1. The number of nitrogens with zero attached hydrogens (tertiary/aromatic N) is 3. The van der Waals surface area contributed by atoms with Gasteiger partial charge < -0.3 is 14.6 Å². The summed E-state index contributed by atoms with van der Waals surface area (Å²) in [7, 11) is 2.03. The van der Waals surface area contributed by atoms with Gasteiger partial charge in [0.15, 0.2) is 0 Å². The van der Waals surface area contributed by atoms with E-state index in [1.54, 1.807) is 0 Å². The third kappa shape index (κ3) is 3.27. The Bertz CT molecular complexity index is 938. The Labute approximate surface area is 158 Å². The fourth-order valence-electron chi connectivity index (χ4n) is 3.66. The molecule has 0 spiro atoms. The van der Waals surface area contributed by atoms with Gasteiger partial charge in [-0.15, -0.1) is 12.4 Å². The zero-order chi connectivity index (χ0) is 17.4. The Morgan fingerprint density at radius 2 is 2.00 bits per heavy atom. The summed E-state index contributed by atoms with van der Waals surface area (Å²) in [6, 6.07) is 16.3. The van der Waals surface area contributed by atoms with Gasteiger partial charge in [0.1, 0.15) is 5.82 Å². The lowest BCUT2D eigenvalue weighted by Crippen LogP contribution is -2.38. The fraction of sp³-hybridized carbons (Fsp3) is 0.300. The van der Waals surface area contributed by atoms with Gasteiger partial charge >= 0.3 is 5.97 Å². The van der Waals surface area contributed by atoms with Crippen LogP contribution in [0.25, 0.3) is 22.4 Å². The van der Waals surface area contributed by atoms with Gasteiger partial charge in [0.05, 0.1) is 17.0 Å². The van der Waals surface area contributed by atoms with Gasteiger partial charge in [-0.05, 0) is 37.1 Å². The van der Waals surface area contributed by atoms with Crippen LogP contribution in [0.4, 0.5) is 5.69 Å². The first-order valence-corrected chi connectivity index (χ1v) is 8.63. The van der Waals surface area contributed by atoms with E-state index in [0.717, 1.165) is 47.5 Å². The molecule has 1 atom stereocenters. The summed E-state index contributed by atoms with van der Waals surface area (Å²) in [6.45, 7) is 1.47. The Morgan fingerprint density at radius 3 is 2.77 bits per heavy atom. The van der Waals surface area contributed by atoms with Gasteiger partial charge in [-0.2, -0.15) is 0 Å². The normalized spacial score (nSPS) is 17.1. The first-order chi connectivity index (χ1) is 12.1. The topological polar surface area (TPSA) is 58.4 Å². The van der Waals surface area contributed by atoms with Crippen molar-refractivity contribution >= 4 is 35.1 Å². The van der Waals surface area contributed by atoms with E-state index >= 15 is 0 Å². The predicted octanol–water partition coefficient (Wildman–Crippen LogP) is 3.96. The minimum atomic E-state index is -0.698. The minimum Gasteiger partial charge on any atom is -0.481 e. The Balaban J connectivity index is 0.00000196. The highest BCUT2D eigenvalue weighted by Gasteiger charge is 2.25. The van der Waals surface area contributed by atoms with Gasteiger partial charge in [0, 0.05) is 31.4 Å². The summed E-state index contributed by atoms with van der Waals surface area (Å²) in [5, 5.41) is 9.31. The van der Waals surface area contributed by atoms with Crippen molar-refractivity contribution in [3.8, 4) is 11.4 Å². The number of rotatable bonds is 3. The predicted molar refractivity (Wildman–Crippen MR) is 106 cm³/mol. The maximum atomic E-state index is 11.3. The molecular weight excluding hydrogens is 350 g/mol. The number of aromatic nitrogens is 2. The largest absolute Gasteiger partial charge is 0.481 e. The number of anilines is 1. The van der Waals surface area contributed by atoms with Crippen molar-refractivity contribution in [2.75, 3.05) is 18.0 Å². The molecular formula is C20H22ClN3O2. The molecule has 0 radical (unpaired) electrons. The van der Waals surface area contributed by atoms with E-state index in [1.807, 2.05) is 31.3 Å². The van der Waals surface area contributed by atoms with Gasteiger partial charge in [0.2, 0.25) is 0 Å². The summed E-state index contributed by atoms with van der Waals surface area (Å²) in [5.74, 6) is -0.0563. The zero-order valence-corrected chi connectivity index (χ0v) is 15.4. The van der Waals surface area contributed by atoms with E-state index in [4.69, 9.17) is 4.98 Å². The zero-order valence-electron chi connectivity index (χ0n) is 14.6. The molecule has 1 fully saturated rings. The molecule has 4 rings (SSSR count). The van der Waals surface area contributed by atoms with Crippen molar-refractivity contribution in [1.29, 1.82) is 0 Å². The summed E-state index contributed by atoms with van der Waals surface area (Å²) >= 11 is 0. The molecule has 136 valence electrons. The lowest BCUT2D eigenvalue weighted by molar-refractivity contribution is -0.141. The van der Waals surface area contributed by atoms with Crippen LogP contribution in [-0.4, -0.2) is 33.7 Å². The highest BCUT2D eigenvalue weighted by Crippen LogP contribution is 2.29. The van der Waals surface area contributed by atoms with Crippen molar-refractivity contribution in [3.05, 3.63) is 48.5 Å². The second-order valence-electron chi connectivity index (χ2n) is 6.66. The molecule has 5 nitrogen and oxygen atoms in total. The number of aliphatic carboxylic acids is 1. The highest BCUT2D eigenvalue weighted by atomic mass is 35.5. The van der Waals surface area contributed by atoms with E-state index in [1.165, 1.54) is 0 Å². The van der Waals surface area contributed by atoms with Crippen LogP contribution in [0.1, 0.15) is 12.8 Å². The number of aryl methyl sites for hydroxylation is 1. The Hall–Kier alpha value is -2.53. The summed E-state index contributed by atoms with van der Waals surface area (Å²) in [6.07, 6.45) is 1.67. The fourth-order valence-corrected chi connectivity index (χ4v) is 3.66. The number of carboxylic acid groups (broad SMARTS) is 1. The van der Waals surface area contributed by atoms with Gasteiger partial charge in [0.25, 0.3) is 0 Å². The standard InChI is InChI=1S/C20H21N3O2.ClH/c1-22-18-10-3-2-9-17(18)21-19(22)14-6-4-8-16(12-14)23-11-5-7-15(13-23)20(24)25;/h2-4,6,8-10,12,15H,5,7,11,13H2,1H3,(H,24,25);1H/t15-;/m1./s1. The molecule has 3 aromatic rings. The first-order valence-electron chi connectivity index (χ1n) is 8.63. The van der Waals surface area contributed by atoms with Crippen LogP contribution in [0, 0.1) is 5.92 Å². The maximum absolute atomic E-state index is 11.3. The van der Waals surface area contributed by atoms with E-state index in [0.29, 0.717) is 6.54 Å². The SMILES string of the molecule is Cl.Cn1c(-c2cccc(N3CCC[C@@H](C(=O)O)C3)c2)nc2ccccc21. The lowest BCUT2D eigenvalue weighted by atomic mass is 9.97. The molecule has 0 aliphatic carbocycles. The summed E-state index contributed by atoms with van der Waals surface area (Å²) < 4.78 is 2.10. The molecule has 1 saturated heterocycles. The number of para-hydroxylation sites is 2. The number of imidazole rings is 1. The van der Waals surface area contributed by atoms with Gasteiger partial charge in [-0.3, -0.25) is 4.79 Å². The number of piperidine rings is 1. The molecule has 1 aliphatic rings. The highest BCUT2D eigenvalue weighted by molar-refractivity contribution is 5.85. The van der Waals surface area contributed by atoms with Crippen molar-refractivity contribution in [2.24, 2.45) is 13.0 Å². The van der Waals surface area contributed by atoms with E-state index in [9.17, 15) is 9.90 Å². The van der Waals surface area contributed by atoms with Crippen molar-refractivity contribution in [2.45, 2.75) is 12.8 Å². The van der Waals surface area contributed by atoms with Crippen LogP contribution >= 0.6 is 12.4 Å². The van der Waals surface area contributed by atoms with Crippen molar-refractivity contribution < 1.29 is 9.90 Å². The van der Waals surface area contributed by atoms with Gasteiger partial charge in [-0.25, -0.2) is 4.98 Å². The van der Waals surface area contributed by atoms with E-state index < -0.39 is 5.97 Å². The molecule has 6 heteroatoms. The smallest absolute Gasteiger partial charge is 0.308 e. The average molecular weight is 372 g/mol. The Kier molecular flexibility index (Phi) is 5.18. The molecule has 26 heavy (non-hydrogen) atoms. The molecule has 0 saturated carbocycles. The quantitative estimate of drug-likeness (QED) is 0.757. The number of hydrogen-bond acceptors (Lipinski definition) is 3. The molecule has 2 heterocycles. The molecule has 1 N–H and O–H groups in total. The Morgan fingerprint density at radius 1 is 1.19 bits per heavy atom. The second kappa shape index (κ2) is 7.38. The van der Waals surface area contributed by atoms with Crippen LogP contribution in [-0.2, 0) is 11.8 Å². The third-order valence-electron chi connectivity index (χ3n) is 5.03. The number of benzene rings is 2. The lowest BCUT2D eigenvalue weighted by Gasteiger charge is -2.32. The number of hydrogen-bond donors (Lipinski definition) is 1. The average Bonchev–Trinajstić information content (AvgIpc) is 2.99. The molecule has 0 amide bonds. The molecule has 0 bridgehead atoms. The van der Waals surface area contributed by atoms with Crippen molar-refractivity contribution in [1.82, 2.24) is 9.55 Å². The van der Waals surface area contributed by atoms with Gasteiger partial charge in [-0.1, -0.05) is 24.3 Å². The molecule has 2 aromatic carbocycles. The summed E-state index contributed by atoms with van der Waals surface area (Å²) in [5.41, 5.74) is 4.20. The number of fused-ring (bicyclic) bond motifs is 1. The number of carbonyl (C=O) groups is 1. The number of carboxylic acids is 1. The van der Waals surface area contributed by atoms with Crippen LogP contribution in [0.2, 0.25) is 0 Å². The maximum Gasteiger partial charge on any atom is 0.308 e. The first kappa shape index (κ1) is 18.3. The molecule has 1 aromatic heterocycles. The van der Waals surface area contributed by atoms with Crippen LogP contribution in [0.5, 0.6) is 0 Å². The molecule has 0 unspecified atom stereocenters. The molecule has 1 aliphatic heterocycles.